The molecule has 2 aromatic carbocycles. The number of rotatable bonds is 12. The zero-order valence-corrected chi connectivity index (χ0v) is 18.6. The van der Waals surface area contributed by atoms with E-state index in [1.54, 1.807) is 24.3 Å². The minimum atomic E-state index is -0.910. The minimum Gasteiger partial charge on any atom is -0.481 e. The highest BCUT2D eigenvalue weighted by molar-refractivity contribution is 5.98. The van der Waals surface area contributed by atoms with Crippen LogP contribution < -0.4 is 15.5 Å². The van der Waals surface area contributed by atoms with Crippen molar-refractivity contribution in [2.24, 2.45) is 0 Å². The van der Waals surface area contributed by atoms with Gasteiger partial charge in [0.25, 0.3) is 0 Å². The number of aryl methyl sites for hydroxylation is 1. The Kier molecular flexibility index (Phi) is 8.40. The molecule has 0 aliphatic heterocycles. The van der Waals surface area contributed by atoms with E-state index in [1.165, 1.54) is 11.8 Å². The molecule has 0 atom stereocenters. The van der Waals surface area contributed by atoms with Crippen molar-refractivity contribution in [1.82, 2.24) is 15.3 Å². The molecule has 1 heterocycles. The van der Waals surface area contributed by atoms with Crippen molar-refractivity contribution in [3.8, 4) is 0 Å². The van der Waals surface area contributed by atoms with E-state index in [2.05, 4.69) is 20.6 Å². The molecular formula is C24H29N5O4. The Bertz CT molecular complexity index is 1080. The van der Waals surface area contributed by atoms with Gasteiger partial charge in [-0.2, -0.15) is 0 Å². The molecule has 0 unspecified atom stereocenters. The number of amides is 2. The monoisotopic (exact) mass is 451 g/mol. The fourth-order valence-electron chi connectivity index (χ4n) is 3.51. The molecule has 3 rings (SSSR count). The van der Waals surface area contributed by atoms with Crippen molar-refractivity contribution in [1.29, 1.82) is 0 Å². The zero-order chi connectivity index (χ0) is 23.6. The number of carboxylic acids is 1. The summed E-state index contributed by atoms with van der Waals surface area (Å²) in [5, 5.41) is 15.1. The number of carbonyl (C=O) groups excluding carboxylic acids is 2. The smallest absolute Gasteiger partial charge is 0.303 e. The van der Waals surface area contributed by atoms with Gasteiger partial charge in [-0.05, 0) is 43.0 Å². The third-order valence-corrected chi connectivity index (χ3v) is 5.18. The van der Waals surface area contributed by atoms with Gasteiger partial charge in [-0.3, -0.25) is 14.4 Å². The van der Waals surface area contributed by atoms with Gasteiger partial charge in [0.1, 0.15) is 6.54 Å². The standard InChI is InChI=1S/C24H29N5O4/c1-17(30)29(21-11-5-2-8-18(21)12-13-23(32)33)16-22(31)25-14-6-7-15-26-24-27-19-9-3-4-10-20(19)28-24/h2-5,8-11H,6-7,12-16H2,1H3,(H,25,31)(H,32,33)(H2,26,27,28). The first-order valence-electron chi connectivity index (χ1n) is 11.0. The highest BCUT2D eigenvalue weighted by atomic mass is 16.4. The molecule has 0 radical (unpaired) electrons. The van der Waals surface area contributed by atoms with Gasteiger partial charge < -0.3 is 25.6 Å². The number of anilines is 2. The summed E-state index contributed by atoms with van der Waals surface area (Å²) in [4.78, 5) is 44.6. The number of carboxylic acid groups (broad SMARTS) is 1. The molecule has 2 amide bonds. The van der Waals surface area contributed by atoms with Crippen LogP contribution in [0.1, 0.15) is 31.7 Å². The maximum absolute atomic E-state index is 12.4. The van der Waals surface area contributed by atoms with Gasteiger partial charge >= 0.3 is 5.97 Å². The van der Waals surface area contributed by atoms with E-state index < -0.39 is 5.97 Å². The maximum atomic E-state index is 12.4. The number of benzene rings is 2. The lowest BCUT2D eigenvalue weighted by molar-refractivity contribution is -0.137. The number of unbranched alkanes of at least 4 members (excludes halogenated alkanes) is 1. The molecule has 0 saturated heterocycles. The molecule has 0 saturated carbocycles. The second-order valence-corrected chi connectivity index (χ2v) is 7.71. The molecule has 9 nitrogen and oxygen atoms in total. The van der Waals surface area contributed by atoms with Crippen LogP contribution in [0.4, 0.5) is 11.6 Å². The average molecular weight is 452 g/mol. The molecular weight excluding hydrogens is 422 g/mol. The van der Waals surface area contributed by atoms with Crippen LogP contribution in [0.5, 0.6) is 0 Å². The van der Waals surface area contributed by atoms with E-state index in [-0.39, 0.29) is 31.2 Å². The SMILES string of the molecule is CC(=O)N(CC(=O)NCCCCNc1nc2ccccc2[nH]1)c1ccccc1CCC(=O)O. The van der Waals surface area contributed by atoms with Crippen LogP contribution in [0.25, 0.3) is 11.0 Å². The van der Waals surface area contributed by atoms with E-state index in [9.17, 15) is 14.4 Å². The minimum absolute atomic E-state index is 0.0446. The van der Waals surface area contributed by atoms with Gasteiger partial charge in [0, 0.05) is 32.1 Å². The molecule has 9 heteroatoms. The van der Waals surface area contributed by atoms with Gasteiger partial charge in [0.15, 0.2) is 0 Å². The van der Waals surface area contributed by atoms with Crippen molar-refractivity contribution in [2.75, 3.05) is 29.9 Å². The third kappa shape index (κ3) is 7.06. The lowest BCUT2D eigenvalue weighted by Crippen LogP contribution is -2.40. The molecule has 1 aromatic heterocycles. The van der Waals surface area contributed by atoms with Crippen LogP contribution in [0.3, 0.4) is 0 Å². The Morgan fingerprint density at radius 3 is 2.52 bits per heavy atom. The Hall–Kier alpha value is -3.88. The zero-order valence-electron chi connectivity index (χ0n) is 18.6. The van der Waals surface area contributed by atoms with Crippen LogP contribution in [0, 0.1) is 0 Å². The van der Waals surface area contributed by atoms with Crippen LogP contribution >= 0.6 is 0 Å². The van der Waals surface area contributed by atoms with Gasteiger partial charge in [-0.25, -0.2) is 4.98 Å². The molecule has 174 valence electrons. The van der Waals surface area contributed by atoms with Crippen LogP contribution in [-0.4, -0.2) is 52.5 Å². The summed E-state index contributed by atoms with van der Waals surface area (Å²) in [6, 6.07) is 14.9. The van der Waals surface area contributed by atoms with Gasteiger partial charge in [-0.1, -0.05) is 30.3 Å². The highest BCUT2D eigenvalue weighted by Gasteiger charge is 2.18. The quantitative estimate of drug-likeness (QED) is 0.314. The van der Waals surface area contributed by atoms with E-state index in [4.69, 9.17) is 5.11 Å². The van der Waals surface area contributed by atoms with Gasteiger partial charge in [0.05, 0.1) is 11.0 Å². The molecule has 0 aliphatic rings. The Labute approximate surface area is 192 Å². The predicted octanol–water partition coefficient (Wildman–Crippen LogP) is 2.94. The molecule has 0 spiro atoms. The maximum Gasteiger partial charge on any atom is 0.303 e. The van der Waals surface area contributed by atoms with Crippen molar-refractivity contribution < 1.29 is 19.5 Å². The average Bonchev–Trinajstić information content (AvgIpc) is 3.21. The van der Waals surface area contributed by atoms with Crippen molar-refractivity contribution in [2.45, 2.75) is 32.6 Å². The van der Waals surface area contributed by atoms with E-state index in [0.29, 0.717) is 18.8 Å². The van der Waals surface area contributed by atoms with E-state index >= 15 is 0 Å². The topological polar surface area (TPSA) is 127 Å². The van der Waals surface area contributed by atoms with Crippen molar-refractivity contribution in [3.05, 3.63) is 54.1 Å². The number of nitrogens with zero attached hydrogens (tertiary/aromatic N) is 2. The fourth-order valence-corrected chi connectivity index (χ4v) is 3.51. The number of nitrogens with one attached hydrogen (secondary N) is 3. The summed E-state index contributed by atoms with van der Waals surface area (Å²) >= 11 is 0. The number of aromatic nitrogens is 2. The summed E-state index contributed by atoms with van der Waals surface area (Å²) in [6.45, 7) is 2.49. The number of fused-ring (bicyclic) bond motifs is 1. The predicted molar refractivity (Wildman–Crippen MR) is 127 cm³/mol. The molecule has 0 aliphatic carbocycles. The fraction of sp³-hybridized carbons (Fsp3) is 0.333. The highest BCUT2D eigenvalue weighted by Crippen LogP contribution is 2.22. The summed E-state index contributed by atoms with van der Waals surface area (Å²) in [7, 11) is 0. The summed E-state index contributed by atoms with van der Waals surface area (Å²) < 4.78 is 0. The van der Waals surface area contributed by atoms with Crippen LogP contribution in [-0.2, 0) is 20.8 Å². The van der Waals surface area contributed by atoms with Crippen LogP contribution in [0.2, 0.25) is 0 Å². The summed E-state index contributed by atoms with van der Waals surface area (Å²) in [5.74, 6) is -0.725. The normalized spacial score (nSPS) is 10.7. The van der Waals surface area contributed by atoms with Gasteiger partial charge in [0.2, 0.25) is 17.8 Å². The molecule has 3 aromatic rings. The number of para-hydroxylation sites is 3. The lowest BCUT2D eigenvalue weighted by atomic mass is 10.1. The largest absolute Gasteiger partial charge is 0.481 e. The molecule has 0 bridgehead atoms. The first kappa shape index (κ1) is 23.8. The summed E-state index contributed by atoms with van der Waals surface area (Å²) in [5.41, 5.74) is 3.18. The Morgan fingerprint density at radius 1 is 1.03 bits per heavy atom. The lowest BCUT2D eigenvalue weighted by Gasteiger charge is -2.23. The second kappa shape index (κ2) is 11.7. The first-order chi connectivity index (χ1) is 15.9. The number of H-pyrrole nitrogens is 1. The van der Waals surface area contributed by atoms with E-state index in [0.717, 1.165) is 35.4 Å². The number of imidazole rings is 1. The summed E-state index contributed by atoms with van der Waals surface area (Å²) in [6.07, 6.45) is 1.85. The number of carbonyl (C=O) groups is 3. The number of hydrogen-bond acceptors (Lipinski definition) is 5. The number of aliphatic carboxylic acids is 1. The molecule has 4 N–H and O–H groups in total. The molecule has 33 heavy (non-hydrogen) atoms. The van der Waals surface area contributed by atoms with E-state index in [1.807, 2.05) is 24.3 Å². The van der Waals surface area contributed by atoms with Gasteiger partial charge in [-0.15, -0.1) is 0 Å². The Morgan fingerprint density at radius 2 is 1.76 bits per heavy atom. The second-order valence-electron chi connectivity index (χ2n) is 7.71. The first-order valence-corrected chi connectivity index (χ1v) is 11.0. The number of hydrogen-bond donors (Lipinski definition) is 4. The third-order valence-electron chi connectivity index (χ3n) is 5.18. The number of aromatic amines is 1. The van der Waals surface area contributed by atoms with Crippen molar-refractivity contribution in [3.63, 3.8) is 0 Å². The van der Waals surface area contributed by atoms with Crippen LogP contribution in [0.15, 0.2) is 48.5 Å². The van der Waals surface area contributed by atoms with Crippen molar-refractivity contribution >= 4 is 40.5 Å². The molecule has 0 fully saturated rings. The Balaban J connectivity index is 1.43.